The second kappa shape index (κ2) is 5.87. The predicted molar refractivity (Wildman–Crippen MR) is 72.1 cm³/mol. The highest BCUT2D eigenvalue weighted by atomic mass is 79.9. The highest BCUT2D eigenvalue weighted by Crippen LogP contribution is 2.28. The van der Waals surface area contributed by atoms with Gasteiger partial charge in [-0.3, -0.25) is 4.98 Å². The zero-order valence-electron chi connectivity index (χ0n) is 9.13. The van der Waals surface area contributed by atoms with Crippen molar-refractivity contribution in [1.82, 2.24) is 4.98 Å². The van der Waals surface area contributed by atoms with Gasteiger partial charge in [0.05, 0.1) is 15.5 Å². The largest absolute Gasteiger partial charge is 0.380 e. The Morgan fingerprint density at radius 3 is 2.94 bits per heavy atom. The van der Waals surface area contributed by atoms with Gasteiger partial charge in [0.2, 0.25) is 0 Å². The van der Waals surface area contributed by atoms with Crippen LogP contribution in [-0.2, 0) is 0 Å². The molecular weight excluding hydrogens is 288 g/mol. The third kappa shape index (κ3) is 3.11. The van der Waals surface area contributed by atoms with Crippen molar-refractivity contribution in [3.63, 3.8) is 0 Å². The van der Waals surface area contributed by atoms with E-state index >= 15 is 0 Å². The average molecular weight is 304 g/mol. The van der Waals surface area contributed by atoms with Gasteiger partial charge in [0.1, 0.15) is 0 Å². The SMILES string of the molecule is ClC1CCCCCC1Nc1ccncc1Br. The summed E-state index contributed by atoms with van der Waals surface area (Å²) >= 11 is 9.89. The molecule has 1 aliphatic rings. The van der Waals surface area contributed by atoms with Crippen LogP contribution in [0.4, 0.5) is 5.69 Å². The summed E-state index contributed by atoms with van der Waals surface area (Å²) in [5, 5.41) is 3.76. The number of alkyl halides is 1. The van der Waals surface area contributed by atoms with Crippen molar-refractivity contribution in [3.05, 3.63) is 22.9 Å². The third-order valence-electron chi connectivity index (χ3n) is 3.04. The molecule has 1 aromatic rings. The Morgan fingerprint density at radius 2 is 2.12 bits per heavy atom. The van der Waals surface area contributed by atoms with Crippen molar-refractivity contribution in [2.45, 2.75) is 43.5 Å². The van der Waals surface area contributed by atoms with Gasteiger partial charge in [0.15, 0.2) is 0 Å². The van der Waals surface area contributed by atoms with Crippen molar-refractivity contribution in [1.29, 1.82) is 0 Å². The molecule has 1 aliphatic carbocycles. The van der Waals surface area contributed by atoms with Crippen LogP contribution in [-0.4, -0.2) is 16.4 Å². The molecule has 0 bridgehead atoms. The molecule has 0 aliphatic heterocycles. The molecule has 1 fully saturated rings. The number of anilines is 1. The Kier molecular flexibility index (Phi) is 4.47. The van der Waals surface area contributed by atoms with Crippen molar-refractivity contribution in [2.24, 2.45) is 0 Å². The number of nitrogens with one attached hydrogen (secondary N) is 1. The standard InChI is InChI=1S/C12H16BrClN2/c13-9-8-15-7-6-11(9)16-12-5-3-1-2-4-10(12)14/h6-8,10,12H,1-5H2,(H,15,16). The van der Waals surface area contributed by atoms with Gasteiger partial charge in [-0.25, -0.2) is 0 Å². The summed E-state index contributed by atoms with van der Waals surface area (Å²) in [6.45, 7) is 0. The Balaban J connectivity index is 2.05. The van der Waals surface area contributed by atoms with E-state index < -0.39 is 0 Å². The van der Waals surface area contributed by atoms with Crippen LogP contribution in [0.25, 0.3) is 0 Å². The van der Waals surface area contributed by atoms with Gasteiger partial charge >= 0.3 is 0 Å². The first kappa shape index (κ1) is 12.2. The van der Waals surface area contributed by atoms with Gasteiger partial charge in [0.25, 0.3) is 0 Å². The van der Waals surface area contributed by atoms with Crippen LogP contribution in [0.1, 0.15) is 32.1 Å². The molecule has 0 spiro atoms. The summed E-state index contributed by atoms with van der Waals surface area (Å²) in [5.41, 5.74) is 1.09. The fourth-order valence-electron chi connectivity index (χ4n) is 2.12. The van der Waals surface area contributed by atoms with Gasteiger partial charge in [-0.15, -0.1) is 11.6 Å². The van der Waals surface area contributed by atoms with Gasteiger partial charge in [-0.05, 0) is 34.8 Å². The fraction of sp³-hybridized carbons (Fsp3) is 0.583. The van der Waals surface area contributed by atoms with E-state index in [0.717, 1.165) is 23.0 Å². The zero-order valence-corrected chi connectivity index (χ0v) is 11.5. The lowest BCUT2D eigenvalue weighted by molar-refractivity contribution is 0.627. The molecule has 1 aromatic heterocycles. The summed E-state index contributed by atoms with van der Waals surface area (Å²) in [5.74, 6) is 0. The van der Waals surface area contributed by atoms with Gasteiger partial charge < -0.3 is 5.32 Å². The molecule has 1 heterocycles. The molecule has 2 rings (SSSR count). The third-order valence-corrected chi connectivity index (χ3v) is 4.20. The topological polar surface area (TPSA) is 24.9 Å². The van der Waals surface area contributed by atoms with E-state index in [0.29, 0.717) is 6.04 Å². The monoisotopic (exact) mass is 302 g/mol. The van der Waals surface area contributed by atoms with E-state index in [1.54, 1.807) is 6.20 Å². The summed E-state index contributed by atoms with van der Waals surface area (Å²) in [7, 11) is 0. The van der Waals surface area contributed by atoms with Crippen LogP contribution >= 0.6 is 27.5 Å². The Hall–Kier alpha value is -0.280. The second-order valence-electron chi connectivity index (χ2n) is 4.26. The lowest BCUT2D eigenvalue weighted by Gasteiger charge is -2.22. The predicted octanol–water partition coefficient (Wildman–Crippen LogP) is 4.20. The first-order valence-electron chi connectivity index (χ1n) is 5.77. The average Bonchev–Trinajstić information content (AvgIpc) is 2.48. The van der Waals surface area contributed by atoms with Crippen LogP contribution < -0.4 is 5.32 Å². The van der Waals surface area contributed by atoms with E-state index in [9.17, 15) is 0 Å². The molecular formula is C12H16BrClN2. The number of hydrogen-bond donors (Lipinski definition) is 1. The van der Waals surface area contributed by atoms with Crippen molar-refractivity contribution in [2.75, 3.05) is 5.32 Å². The number of halogens is 2. The van der Waals surface area contributed by atoms with Crippen molar-refractivity contribution >= 4 is 33.2 Å². The molecule has 1 saturated carbocycles. The first-order valence-corrected chi connectivity index (χ1v) is 7.00. The Labute approximate surface area is 110 Å². The van der Waals surface area contributed by atoms with Gasteiger partial charge in [0, 0.05) is 18.4 Å². The molecule has 0 aromatic carbocycles. The summed E-state index contributed by atoms with van der Waals surface area (Å²) in [6, 6.07) is 2.36. The quantitative estimate of drug-likeness (QED) is 0.654. The maximum absolute atomic E-state index is 6.40. The first-order chi connectivity index (χ1) is 7.77. The van der Waals surface area contributed by atoms with Gasteiger partial charge in [-0.2, -0.15) is 0 Å². The highest BCUT2D eigenvalue weighted by molar-refractivity contribution is 9.10. The second-order valence-corrected chi connectivity index (χ2v) is 5.68. The molecule has 4 heteroatoms. The number of hydrogen-bond acceptors (Lipinski definition) is 2. The van der Waals surface area contributed by atoms with E-state index in [1.807, 2.05) is 12.3 Å². The number of pyridine rings is 1. The Morgan fingerprint density at radius 1 is 1.31 bits per heavy atom. The normalized spacial score (nSPS) is 26.1. The summed E-state index contributed by atoms with van der Waals surface area (Å²) in [4.78, 5) is 4.06. The molecule has 16 heavy (non-hydrogen) atoms. The minimum atomic E-state index is 0.238. The Bertz CT molecular complexity index is 346. The fourth-order valence-corrected chi connectivity index (χ4v) is 2.83. The van der Waals surface area contributed by atoms with E-state index in [1.165, 1.54) is 19.3 Å². The minimum Gasteiger partial charge on any atom is -0.380 e. The van der Waals surface area contributed by atoms with Crippen LogP contribution in [0.3, 0.4) is 0 Å². The lowest BCUT2D eigenvalue weighted by Crippen LogP contribution is -2.28. The van der Waals surface area contributed by atoms with Crippen LogP contribution in [0.2, 0.25) is 0 Å². The van der Waals surface area contributed by atoms with Crippen LogP contribution in [0, 0.1) is 0 Å². The molecule has 0 amide bonds. The smallest absolute Gasteiger partial charge is 0.0590 e. The molecule has 0 saturated heterocycles. The van der Waals surface area contributed by atoms with E-state index in [2.05, 4.69) is 26.2 Å². The summed E-state index contributed by atoms with van der Waals surface area (Å²) in [6.07, 6.45) is 9.70. The molecule has 1 N–H and O–H groups in total. The number of rotatable bonds is 2. The zero-order chi connectivity index (χ0) is 11.4. The van der Waals surface area contributed by atoms with Crippen molar-refractivity contribution in [3.8, 4) is 0 Å². The minimum absolute atomic E-state index is 0.238. The van der Waals surface area contributed by atoms with E-state index in [-0.39, 0.29) is 5.38 Å². The van der Waals surface area contributed by atoms with Crippen LogP contribution in [0.5, 0.6) is 0 Å². The van der Waals surface area contributed by atoms with E-state index in [4.69, 9.17) is 11.6 Å². The van der Waals surface area contributed by atoms with Crippen molar-refractivity contribution < 1.29 is 0 Å². The number of nitrogens with zero attached hydrogens (tertiary/aromatic N) is 1. The lowest BCUT2D eigenvalue weighted by atomic mass is 10.1. The molecule has 2 nitrogen and oxygen atoms in total. The van der Waals surface area contributed by atoms with Gasteiger partial charge in [-0.1, -0.05) is 19.3 Å². The highest BCUT2D eigenvalue weighted by Gasteiger charge is 2.21. The molecule has 0 radical (unpaired) electrons. The maximum atomic E-state index is 6.40. The molecule has 2 unspecified atom stereocenters. The number of aromatic nitrogens is 1. The maximum Gasteiger partial charge on any atom is 0.0590 e. The summed E-state index contributed by atoms with van der Waals surface area (Å²) < 4.78 is 1.00. The van der Waals surface area contributed by atoms with Crippen LogP contribution in [0.15, 0.2) is 22.9 Å². The molecule has 88 valence electrons. The molecule has 2 atom stereocenters.